The number of thiophene rings is 1. The molecule has 4 heteroatoms. The summed E-state index contributed by atoms with van der Waals surface area (Å²) in [5.74, 6) is 0.0605. The number of hydrogen-bond acceptors (Lipinski definition) is 2. The number of alkyl halides is 1. The first-order valence-corrected chi connectivity index (χ1v) is 6.97. The molecule has 0 bridgehead atoms. The monoisotopic (exact) mass is 257 g/mol. The molecule has 1 amide bonds. The first-order chi connectivity index (χ1) is 7.65. The van der Waals surface area contributed by atoms with Gasteiger partial charge in [-0.1, -0.05) is 6.92 Å². The highest BCUT2D eigenvalue weighted by molar-refractivity contribution is 7.10. The molecule has 2 heterocycles. The van der Waals surface area contributed by atoms with Crippen LogP contribution in [0.3, 0.4) is 0 Å². The summed E-state index contributed by atoms with van der Waals surface area (Å²) in [6.07, 6.45) is 1.93. The van der Waals surface area contributed by atoms with Crippen LogP contribution in [0.4, 0.5) is 0 Å². The number of amides is 1. The van der Waals surface area contributed by atoms with Crippen molar-refractivity contribution >= 4 is 28.8 Å². The van der Waals surface area contributed by atoms with E-state index in [9.17, 15) is 4.79 Å². The molecular weight excluding hydrogens is 242 g/mol. The predicted molar refractivity (Wildman–Crippen MR) is 68.1 cm³/mol. The third-order valence-electron chi connectivity index (χ3n) is 3.10. The summed E-state index contributed by atoms with van der Waals surface area (Å²) in [5, 5.41) is 1.69. The lowest BCUT2D eigenvalue weighted by Gasteiger charge is -2.36. The highest BCUT2D eigenvalue weighted by atomic mass is 35.5. The SMILES string of the molecule is CCC1c2ccsc2CCN1C(=O)C(C)Cl. The zero-order valence-electron chi connectivity index (χ0n) is 9.57. The van der Waals surface area contributed by atoms with Crippen molar-refractivity contribution in [3.05, 3.63) is 21.9 Å². The van der Waals surface area contributed by atoms with E-state index in [0.717, 1.165) is 19.4 Å². The summed E-state index contributed by atoms with van der Waals surface area (Å²) < 4.78 is 0. The molecule has 0 aromatic carbocycles. The van der Waals surface area contributed by atoms with E-state index in [-0.39, 0.29) is 11.9 Å². The molecule has 1 aromatic heterocycles. The Morgan fingerprint density at radius 3 is 3.12 bits per heavy atom. The fourth-order valence-corrected chi connectivity index (χ4v) is 3.38. The second kappa shape index (κ2) is 4.76. The van der Waals surface area contributed by atoms with Crippen molar-refractivity contribution in [2.75, 3.05) is 6.54 Å². The summed E-state index contributed by atoms with van der Waals surface area (Å²) in [6.45, 7) is 4.68. The van der Waals surface area contributed by atoms with Crippen molar-refractivity contribution in [2.45, 2.75) is 38.1 Å². The van der Waals surface area contributed by atoms with Crippen molar-refractivity contribution in [2.24, 2.45) is 0 Å². The number of rotatable bonds is 2. The third-order valence-corrected chi connectivity index (χ3v) is 4.29. The lowest BCUT2D eigenvalue weighted by atomic mass is 9.97. The predicted octanol–water partition coefficient (Wildman–Crippen LogP) is 3.21. The first kappa shape index (κ1) is 11.9. The van der Waals surface area contributed by atoms with Crippen LogP contribution in [0.25, 0.3) is 0 Å². The Morgan fingerprint density at radius 2 is 2.50 bits per heavy atom. The van der Waals surface area contributed by atoms with Gasteiger partial charge < -0.3 is 4.90 Å². The van der Waals surface area contributed by atoms with Crippen LogP contribution in [0.15, 0.2) is 11.4 Å². The van der Waals surface area contributed by atoms with Gasteiger partial charge in [0.1, 0.15) is 5.38 Å². The van der Waals surface area contributed by atoms with Crippen LogP contribution in [0.5, 0.6) is 0 Å². The van der Waals surface area contributed by atoms with E-state index in [1.54, 1.807) is 18.3 Å². The fourth-order valence-electron chi connectivity index (χ4n) is 2.33. The Hall–Kier alpha value is -0.540. The van der Waals surface area contributed by atoms with Gasteiger partial charge in [0.05, 0.1) is 6.04 Å². The Labute approximate surface area is 105 Å². The summed E-state index contributed by atoms with van der Waals surface area (Å²) in [6, 6.07) is 2.37. The number of carbonyl (C=O) groups excluding carboxylic acids is 1. The standard InChI is InChI=1S/C12H16ClNOS/c1-3-10-9-5-7-16-11(9)4-6-14(10)12(15)8(2)13/h5,7-8,10H,3-4,6H2,1-2H3. The van der Waals surface area contributed by atoms with Gasteiger partial charge in [-0.15, -0.1) is 22.9 Å². The fraction of sp³-hybridized carbons (Fsp3) is 0.583. The van der Waals surface area contributed by atoms with E-state index in [0.29, 0.717) is 0 Å². The average Bonchev–Trinajstić information content (AvgIpc) is 2.74. The number of nitrogens with zero attached hydrogens (tertiary/aromatic N) is 1. The number of fused-ring (bicyclic) bond motifs is 1. The van der Waals surface area contributed by atoms with Crippen LogP contribution < -0.4 is 0 Å². The highest BCUT2D eigenvalue weighted by Gasteiger charge is 2.31. The molecule has 2 rings (SSSR count). The number of hydrogen-bond donors (Lipinski definition) is 0. The van der Waals surface area contributed by atoms with Crippen LogP contribution in [-0.2, 0) is 11.2 Å². The van der Waals surface area contributed by atoms with Gasteiger partial charge in [-0.05, 0) is 36.8 Å². The van der Waals surface area contributed by atoms with E-state index in [1.165, 1.54) is 10.4 Å². The Balaban J connectivity index is 2.27. The number of halogens is 1. The maximum Gasteiger partial charge on any atom is 0.240 e. The molecule has 0 saturated heterocycles. The summed E-state index contributed by atoms with van der Waals surface area (Å²) in [5.41, 5.74) is 1.32. The van der Waals surface area contributed by atoms with E-state index >= 15 is 0 Å². The minimum atomic E-state index is -0.422. The van der Waals surface area contributed by atoms with E-state index < -0.39 is 5.38 Å². The summed E-state index contributed by atoms with van der Waals surface area (Å²) >= 11 is 7.69. The van der Waals surface area contributed by atoms with E-state index in [1.807, 2.05) is 4.90 Å². The molecular formula is C12H16ClNOS. The van der Waals surface area contributed by atoms with Gasteiger partial charge in [0.2, 0.25) is 5.91 Å². The lowest BCUT2D eigenvalue weighted by molar-refractivity contribution is -0.133. The zero-order chi connectivity index (χ0) is 11.7. The molecule has 0 radical (unpaired) electrons. The minimum Gasteiger partial charge on any atom is -0.334 e. The topological polar surface area (TPSA) is 20.3 Å². The maximum atomic E-state index is 12.0. The number of carbonyl (C=O) groups is 1. The van der Waals surface area contributed by atoms with E-state index in [2.05, 4.69) is 18.4 Å². The highest BCUT2D eigenvalue weighted by Crippen LogP contribution is 2.35. The van der Waals surface area contributed by atoms with Gasteiger partial charge in [0, 0.05) is 11.4 Å². The molecule has 2 nitrogen and oxygen atoms in total. The van der Waals surface area contributed by atoms with Gasteiger partial charge in [0.25, 0.3) is 0 Å². The Bertz CT molecular complexity index is 388. The largest absolute Gasteiger partial charge is 0.334 e. The van der Waals surface area contributed by atoms with Crippen molar-refractivity contribution in [3.63, 3.8) is 0 Å². The van der Waals surface area contributed by atoms with E-state index in [4.69, 9.17) is 11.6 Å². The van der Waals surface area contributed by atoms with Gasteiger partial charge in [-0.3, -0.25) is 4.79 Å². The molecule has 0 N–H and O–H groups in total. The van der Waals surface area contributed by atoms with Crippen LogP contribution in [0.2, 0.25) is 0 Å². The lowest BCUT2D eigenvalue weighted by Crippen LogP contribution is -2.42. The summed E-state index contributed by atoms with van der Waals surface area (Å²) in [4.78, 5) is 15.4. The maximum absolute atomic E-state index is 12.0. The molecule has 2 unspecified atom stereocenters. The Morgan fingerprint density at radius 1 is 1.75 bits per heavy atom. The van der Waals surface area contributed by atoms with Crippen molar-refractivity contribution in [1.29, 1.82) is 0 Å². The molecule has 0 fully saturated rings. The van der Waals surface area contributed by atoms with Crippen molar-refractivity contribution in [1.82, 2.24) is 4.90 Å². The minimum absolute atomic E-state index is 0.0605. The second-order valence-electron chi connectivity index (χ2n) is 4.12. The molecule has 2 atom stereocenters. The smallest absolute Gasteiger partial charge is 0.240 e. The van der Waals surface area contributed by atoms with Crippen molar-refractivity contribution < 1.29 is 4.79 Å². The van der Waals surface area contributed by atoms with Crippen LogP contribution in [0, 0.1) is 0 Å². The van der Waals surface area contributed by atoms with Gasteiger partial charge in [-0.25, -0.2) is 0 Å². The molecule has 1 aromatic rings. The van der Waals surface area contributed by atoms with Crippen LogP contribution >= 0.6 is 22.9 Å². The van der Waals surface area contributed by atoms with Crippen LogP contribution in [0.1, 0.15) is 36.8 Å². The van der Waals surface area contributed by atoms with Gasteiger partial charge in [0.15, 0.2) is 0 Å². The first-order valence-electron chi connectivity index (χ1n) is 5.66. The molecule has 88 valence electrons. The zero-order valence-corrected chi connectivity index (χ0v) is 11.1. The second-order valence-corrected chi connectivity index (χ2v) is 5.78. The van der Waals surface area contributed by atoms with Crippen LogP contribution in [-0.4, -0.2) is 22.7 Å². The molecule has 0 spiro atoms. The van der Waals surface area contributed by atoms with Gasteiger partial charge >= 0.3 is 0 Å². The molecule has 16 heavy (non-hydrogen) atoms. The molecule has 0 saturated carbocycles. The summed E-state index contributed by atoms with van der Waals surface area (Å²) in [7, 11) is 0. The molecule has 1 aliphatic heterocycles. The molecule has 1 aliphatic rings. The van der Waals surface area contributed by atoms with Gasteiger partial charge in [-0.2, -0.15) is 0 Å². The Kier molecular flexibility index (Phi) is 3.55. The average molecular weight is 258 g/mol. The normalized spacial score (nSPS) is 21.7. The quantitative estimate of drug-likeness (QED) is 0.745. The molecule has 0 aliphatic carbocycles. The van der Waals surface area contributed by atoms with Crippen molar-refractivity contribution in [3.8, 4) is 0 Å². The third kappa shape index (κ3) is 1.98.